The summed E-state index contributed by atoms with van der Waals surface area (Å²) in [5.74, 6) is 0.723. The predicted molar refractivity (Wildman–Crippen MR) is 77.6 cm³/mol. The molecule has 3 heterocycles. The van der Waals surface area contributed by atoms with Crippen LogP contribution in [0, 0.1) is 0 Å². The van der Waals surface area contributed by atoms with Gasteiger partial charge < -0.3 is 5.73 Å². The second-order valence-corrected chi connectivity index (χ2v) is 4.49. The average Bonchev–Trinajstić information content (AvgIpc) is 2.82. The fourth-order valence-corrected chi connectivity index (χ4v) is 2.27. The Balaban J connectivity index is 2.19. The van der Waals surface area contributed by atoms with Crippen molar-refractivity contribution in [1.82, 2.24) is 24.7 Å². The lowest BCUT2D eigenvalue weighted by Gasteiger charge is -2.05. The first-order valence-corrected chi connectivity index (χ1v) is 6.69. The van der Waals surface area contributed by atoms with Crippen LogP contribution < -0.4 is 5.73 Å². The third-order valence-electron chi connectivity index (χ3n) is 3.30. The Labute approximate surface area is 116 Å². The maximum Gasteiger partial charge on any atom is 0.180 e. The van der Waals surface area contributed by atoms with E-state index in [2.05, 4.69) is 27.0 Å². The molecule has 0 saturated carbocycles. The van der Waals surface area contributed by atoms with Crippen molar-refractivity contribution >= 4 is 16.9 Å². The molecule has 0 aliphatic carbocycles. The van der Waals surface area contributed by atoms with Crippen molar-refractivity contribution in [1.29, 1.82) is 0 Å². The summed E-state index contributed by atoms with van der Waals surface area (Å²) in [4.78, 5) is 13.0. The lowest BCUT2D eigenvalue weighted by atomic mass is 10.2. The first-order chi connectivity index (χ1) is 9.74. The van der Waals surface area contributed by atoms with E-state index in [0.717, 1.165) is 41.3 Å². The molecule has 0 radical (unpaired) electrons. The molecule has 2 N–H and O–H groups in total. The number of hydrogen-bond acceptors (Lipinski definition) is 5. The van der Waals surface area contributed by atoms with Crippen LogP contribution in [0.3, 0.4) is 0 Å². The van der Waals surface area contributed by atoms with Gasteiger partial charge in [0.1, 0.15) is 5.52 Å². The molecular formula is C14H16N6. The summed E-state index contributed by atoms with van der Waals surface area (Å²) in [6, 6.07) is 3.79. The molecule has 0 amide bonds. The predicted octanol–water partition coefficient (Wildman–Crippen LogP) is 1.92. The zero-order chi connectivity index (χ0) is 14.1. The van der Waals surface area contributed by atoms with Crippen molar-refractivity contribution in [2.24, 2.45) is 0 Å². The highest BCUT2D eigenvalue weighted by atomic mass is 15.3. The van der Waals surface area contributed by atoms with Gasteiger partial charge in [-0.2, -0.15) is 5.10 Å². The van der Waals surface area contributed by atoms with E-state index in [0.29, 0.717) is 5.65 Å². The first kappa shape index (κ1) is 12.5. The number of aryl methyl sites for hydroxylation is 1. The lowest BCUT2D eigenvalue weighted by molar-refractivity contribution is 0.775. The van der Waals surface area contributed by atoms with Crippen LogP contribution in [0.5, 0.6) is 0 Å². The van der Waals surface area contributed by atoms with E-state index in [4.69, 9.17) is 5.73 Å². The molecule has 0 bridgehead atoms. The molecule has 0 aliphatic heterocycles. The molecule has 0 fully saturated rings. The van der Waals surface area contributed by atoms with Gasteiger partial charge in [-0.05, 0) is 25.0 Å². The van der Waals surface area contributed by atoms with E-state index in [-0.39, 0.29) is 0 Å². The van der Waals surface area contributed by atoms with Gasteiger partial charge in [-0.25, -0.2) is 14.6 Å². The van der Waals surface area contributed by atoms with Crippen molar-refractivity contribution in [3.63, 3.8) is 0 Å². The van der Waals surface area contributed by atoms with Crippen LogP contribution in [0.15, 0.2) is 24.5 Å². The number of nitrogens with zero attached hydrogens (tertiary/aromatic N) is 5. The molecule has 6 heteroatoms. The monoisotopic (exact) mass is 268 g/mol. The minimum Gasteiger partial charge on any atom is -0.396 e. The Morgan fingerprint density at radius 2 is 1.90 bits per heavy atom. The normalized spacial score (nSPS) is 11.1. The molecule has 3 aromatic heterocycles. The number of pyridine rings is 1. The molecule has 0 unspecified atom stereocenters. The SMILES string of the molecule is CCc1nn(-c2ccc3nccnc3n2)c(CC)c1N. The van der Waals surface area contributed by atoms with E-state index in [1.165, 1.54) is 0 Å². The highest BCUT2D eigenvalue weighted by molar-refractivity contribution is 5.70. The van der Waals surface area contributed by atoms with Crippen LogP contribution in [-0.2, 0) is 12.8 Å². The molecule has 3 aromatic rings. The molecule has 0 spiro atoms. The van der Waals surface area contributed by atoms with Crippen molar-refractivity contribution in [3.8, 4) is 5.82 Å². The number of fused-ring (bicyclic) bond motifs is 1. The minimum atomic E-state index is 0.610. The average molecular weight is 268 g/mol. The van der Waals surface area contributed by atoms with E-state index in [1.807, 2.05) is 23.7 Å². The summed E-state index contributed by atoms with van der Waals surface area (Å²) in [7, 11) is 0. The molecule has 0 aliphatic rings. The van der Waals surface area contributed by atoms with Crippen molar-refractivity contribution < 1.29 is 0 Å². The van der Waals surface area contributed by atoms with E-state index in [1.54, 1.807) is 12.4 Å². The molecule has 0 saturated heterocycles. The topological polar surface area (TPSA) is 82.5 Å². The molecule has 102 valence electrons. The van der Waals surface area contributed by atoms with Gasteiger partial charge in [0.15, 0.2) is 11.5 Å². The Morgan fingerprint density at radius 3 is 2.65 bits per heavy atom. The molecular weight excluding hydrogens is 252 g/mol. The number of rotatable bonds is 3. The van der Waals surface area contributed by atoms with Crippen LogP contribution in [0.4, 0.5) is 5.69 Å². The Hall–Kier alpha value is -2.50. The summed E-state index contributed by atoms with van der Waals surface area (Å²) >= 11 is 0. The second-order valence-electron chi connectivity index (χ2n) is 4.49. The minimum absolute atomic E-state index is 0.610. The summed E-state index contributed by atoms with van der Waals surface area (Å²) in [6.07, 6.45) is 4.90. The largest absolute Gasteiger partial charge is 0.396 e. The van der Waals surface area contributed by atoms with Crippen molar-refractivity contribution in [3.05, 3.63) is 35.9 Å². The fraction of sp³-hybridized carbons (Fsp3) is 0.286. The maximum atomic E-state index is 6.14. The molecule has 0 aromatic carbocycles. The van der Waals surface area contributed by atoms with E-state index < -0.39 is 0 Å². The number of hydrogen-bond donors (Lipinski definition) is 1. The van der Waals surface area contributed by atoms with Gasteiger partial charge in [0.25, 0.3) is 0 Å². The third-order valence-corrected chi connectivity index (χ3v) is 3.30. The number of aromatic nitrogens is 5. The van der Waals surface area contributed by atoms with Crippen molar-refractivity contribution in [2.45, 2.75) is 26.7 Å². The van der Waals surface area contributed by atoms with Crippen molar-refractivity contribution in [2.75, 3.05) is 5.73 Å². The maximum absolute atomic E-state index is 6.14. The lowest BCUT2D eigenvalue weighted by Crippen LogP contribution is -2.05. The summed E-state index contributed by atoms with van der Waals surface area (Å²) < 4.78 is 1.81. The second kappa shape index (κ2) is 4.88. The highest BCUT2D eigenvalue weighted by Gasteiger charge is 2.15. The first-order valence-electron chi connectivity index (χ1n) is 6.69. The van der Waals surface area contributed by atoms with Gasteiger partial charge in [-0.15, -0.1) is 0 Å². The zero-order valence-electron chi connectivity index (χ0n) is 11.5. The molecule has 6 nitrogen and oxygen atoms in total. The van der Waals surface area contributed by atoms with Crippen LogP contribution in [0.1, 0.15) is 25.2 Å². The van der Waals surface area contributed by atoms with Crippen LogP contribution in [0.25, 0.3) is 17.0 Å². The van der Waals surface area contributed by atoms with Gasteiger partial charge in [0.2, 0.25) is 0 Å². The van der Waals surface area contributed by atoms with Crippen LogP contribution >= 0.6 is 0 Å². The van der Waals surface area contributed by atoms with Gasteiger partial charge in [-0.1, -0.05) is 13.8 Å². The third kappa shape index (κ3) is 1.89. The Bertz CT molecular complexity index is 761. The molecule has 0 atom stereocenters. The number of nitrogens with two attached hydrogens (primary N) is 1. The van der Waals surface area contributed by atoms with Crippen LogP contribution in [0.2, 0.25) is 0 Å². The van der Waals surface area contributed by atoms with Crippen LogP contribution in [-0.4, -0.2) is 24.7 Å². The standard InChI is InChI=1S/C14H16N6/c1-3-9-13(15)11(4-2)20(19-9)12-6-5-10-14(18-12)17-8-7-16-10/h5-8H,3-4,15H2,1-2H3. The molecule has 20 heavy (non-hydrogen) atoms. The zero-order valence-corrected chi connectivity index (χ0v) is 11.5. The summed E-state index contributed by atoms with van der Waals surface area (Å²) in [5, 5.41) is 4.56. The Morgan fingerprint density at radius 1 is 1.10 bits per heavy atom. The quantitative estimate of drug-likeness (QED) is 0.784. The van der Waals surface area contributed by atoms with Gasteiger partial charge in [0, 0.05) is 12.4 Å². The van der Waals surface area contributed by atoms with Gasteiger partial charge >= 0.3 is 0 Å². The van der Waals surface area contributed by atoms with E-state index in [9.17, 15) is 0 Å². The number of nitrogen functional groups attached to an aromatic ring is 1. The van der Waals surface area contributed by atoms with Gasteiger partial charge in [0.05, 0.1) is 17.1 Å². The fourth-order valence-electron chi connectivity index (χ4n) is 2.27. The Kier molecular flexibility index (Phi) is 3.06. The summed E-state index contributed by atoms with van der Waals surface area (Å²) in [5.41, 5.74) is 10.2. The smallest absolute Gasteiger partial charge is 0.180 e. The highest BCUT2D eigenvalue weighted by Crippen LogP contribution is 2.22. The van der Waals surface area contributed by atoms with Gasteiger partial charge in [-0.3, -0.25) is 4.98 Å². The molecule has 3 rings (SSSR count). The van der Waals surface area contributed by atoms with E-state index >= 15 is 0 Å². The number of anilines is 1. The summed E-state index contributed by atoms with van der Waals surface area (Å²) in [6.45, 7) is 4.10.